The van der Waals surface area contributed by atoms with E-state index in [1.165, 1.54) is 29.2 Å². The second-order valence-corrected chi connectivity index (χ2v) is 5.48. The lowest BCUT2D eigenvalue weighted by molar-refractivity contribution is -0.141. The van der Waals surface area contributed by atoms with Gasteiger partial charge in [0.1, 0.15) is 0 Å². The molecule has 0 saturated carbocycles. The number of benzene rings is 1. The molecule has 0 bridgehead atoms. The Hall–Kier alpha value is -2.41. The predicted molar refractivity (Wildman–Crippen MR) is 88.8 cm³/mol. The molecule has 1 aromatic rings. The van der Waals surface area contributed by atoms with Crippen LogP contribution in [0.25, 0.3) is 0 Å². The van der Waals surface area contributed by atoms with Crippen molar-refractivity contribution in [3.05, 3.63) is 35.4 Å². The number of carboxylic acids is 1. The third kappa shape index (κ3) is 6.00. The van der Waals surface area contributed by atoms with Crippen LogP contribution in [0.4, 0.5) is 0 Å². The zero-order chi connectivity index (χ0) is 18.1. The van der Waals surface area contributed by atoms with Crippen molar-refractivity contribution >= 4 is 17.8 Å². The van der Waals surface area contributed by atoms with E-state index in [0.29, 0.717) is 37.3 Å². The maximum atomic E-state index is 12.6. The Bertz CT molecular complexity index is 571. The highest BCUT2D eigenvalue weighted by Crippen LogP contribution is 2.11. The number of rotatable bonds is 10. The van der Waals surface area contributed by atoms with Gasteiger partial charge in [-0.15, -0.1) is 0 Å². The minimum Gasteiger partial charge on any atom is -0.481 e. The number of primary amides is 1. The second kappa shape index (κ2) is 9.67. The van der Waals surface area contributed by atoms with E-state index in [1.54, 1.807) is 6.92 Å². The van der Waals surface area contributed by atoms with E-state index in [2.05, 4.69) is 0 Å². The van der Waals surface area contributed by atoms with E-state index in [4.69, 9.17) is 15.6 Å². The van der Waals surface area contributed by atoms with E-state index < -0.39 is 17.8 Å². The molecule has 3 N–H and O–H groups in total. The summed E-state index contributed by atoms with van der Waals surface area (Å²) in [6.07, 6.45) is 0.616. The topological polar surface area (TPSA) is 110 Å². The van der Waals surface area contributed by atoms with E-state index in [-0.39, 0.29) is 12.5 Å². The van der Waals surface area contributed by atoms with Crippen LogP contribution in [0.3, 0.4) is 0 Å². The normalized spacial score (nSPS) is 11.8. The van der Waals surface area contributed by atoms with Gasteiger partial charge in [0, 0.05) is 37.4 Å². The summed E-state index contributed by atoms with van der Waals surface area (Å²) in [4.78, 5) is 36.3. The first kappa shape index (κ1) is 19.6. The zero-order valence-electron chi connectivity index (χ0n) is 14.0. The largest absolute Gasteiger partial charge is 0.481 e. The molecule has 0 radical (unpaired) electrons. The Balaban J connectivity index is 2.84. The molecule has 7 heteroatoms. The van der Waals surface area contributed by atoms with Crippen molar-refractivity contribution in [1.82, 2.24) is 4.90 Å². The smallest absolute Gasteiger partial charge is 0.308 e. The Morgan fingerprint density at radius 3 is 2.29 bits per heavy atom. The molecule has 1 aromatic carbocycles. The lowest BCUT2D eigenvalue weighted by atomic mass is 10.1. The van der Waals surface area contributed by atoms with Crippen LogP contribution in [-0.2, 0) is 9.53 Å². The zero-order valence-corrected chi connectivity index (χ0v) is 14.0. The summed E-state index contributed by atoms with van der Waals surface area (Å²) in [5.74, 6) is -2.48. The van der Waals surface area contributed by atoms with E-state index >= 15 is 0 Å². The first-order valence-corrected chi connectivity index (χ1v) is 7.86. The monoisotopic (exact) mass is 336 g/mol. The minimum absolute atomic E-state index is 0.109. The van der Waals surface area contributed by atoms with Gasteiger partial charge >= 0.3 is 5.97 Å². The van der Waals surface area contributed by atoms with Gasteiger partial charge in [0.15, 0.2) is 0 Å². The number of carbonyl (C=O) groups excluding carboxylic acids is 2. The van der Waals surface area contributed by atoms with Gasteiger partial charge in [-0.25, -0.2) is 0 Å². The highest BCUT2D eigenvalue weighted by Gasteiger charge is 2.21. The van der Waals surface area contributed by atoms with E-state index in [9.17, 15) is 14.4 Å². The van der Waals surface area contributed by atoms with Crippen LogP contribution in [0.5, 0.6) is 0 Å². The van der Waals surface area contributed by atoms with Crippen LogP contribution in [0.1, 0.15) is 41.0 Å². The van der Waals surface area contributed by atoms with Crippen molar-refractivity contribution in [2.75, 3.05) is 26.3 Å². The van der Waals surface area contributed by atoms with Crippen molar-refractivity contribution in [1.29, 1.82) is 0 Å². The lowest BCUT2D eigenvalue weighted by Gasteiger charge is -2.24. The quantitative estimate of drug-likeness (QED) is 0.627. The molecule has 24 heavy (non-hydrogen) atoms. The molecule has 1 atom stereocenters. The van der Waals surface area contributed by atoms with Crippen LogP contribution in [-0.4, -0.2) is 54.1 Å². The number of carbonyl (C=O) groups is 3. The number of amides is 2. The van der Waals surface area contributed by atoms with Crippen molar-refractivity contribution in [3.8, 4) is 0 Å². The summed E-state index contributed by atoms with van der Waals surface area (Å²) < 4.78 is 5.26. The summed E-state index contributed by atoms with van der Waals surface area (Å²) in [5.41, 5.74) is 5.88. The Morgan fingerprint density at radius 2 is 1.79 bits per heavy atom. The predicted octanol–water partition coefficient (Wildman–Crippen LogP) is 1.38. The number of nitrogens with two attached hydrogens (primary N) is 1. The van der Waals surface area contributed by atoms with Gasteiger partial charge in [-0.05, 0) is 37.6 Å². The molecule has 0 spiro atoms. The van der Waals surface area contributed by atoms with Crippen LogP contribution in [0, 0.1) is 5.92 Å². The fourth-order valence-corrected chi connectivity index (χ4v) is 2.15. The summed E-state index contributed by atoms with van der Waals surface area (Å²) >= 11 is 0. The fourth-order valence-electron chi connectivity index (χ4n) is 2.15. The van der Waals surface area contributed by atoms with Gasteiger partial charge in [-0.3, -0.25) is 14.4 Å². The van der Waals surface area contributed by atoms with Crippen LogP contribution in [0.2, 0.25) is 0 Å². The Kier molecular flexibility index (Phi) is 7.91. The van der Waals surface area contributed by atoms with Crippen molar-refractivity contribution in [2.45, 2.75) is 20.3 Å². The average Bonchev–Trinajstić information content (AvgIpc) is 2.56. The molecule has 0 aromatic heterocycles. The van der Waals surface area contributed by atoms with Gasteiger partial charge in [0.25, 0.3) is 5.91 Å². The molecule has 7 nitrogen and oxygen atoms in total. The highest BCUT2D eigenvalue weighted by molar-refractivity contribution is 5.97. The third-order valence-corrected chi connectivity index (χ3v) is 3.54. The molecule has 0 heterocycles. The van der Waals surface area contributed by atoms with E-state index in [1.807, 2.05) is 6.92 Å². The number of nitrogens with zero attached hydrogens (tertiary/aromatic N) is 1. The summed E-state index contributed by atoms with van der Waals surface area (Å²) in [6, 6.07) is 6.00. The van der Waals surface area contributed by atoms with Crippen molar-refractivity contribution in [2.24, 2.45) is 11.7 Å². The maximum Gasteiger partial charge on any atom is 0.308 e. The van der Waals surface area contributed by atoms with Crippen LogP contribution in [0.15, 0.2) is 24.3 Å². The van der Waals surface area contributed by atoms with Gasteiger partial charge < -0.3 is 20.5 Å². The summed E-state index contributed by atoms with van der Waals surface area (Å²) in [6.45, 7) is 5.04. The third-order valence-electron chi connectivity index (χ3n) is 3.54. The molecule has 1 unspecified atom stereocenters. The summed E-state index contributed by atoms with van der Waals surface area (Å²) in [5, 5.41) is 9.08. The van der Waals surface area contributed by atoms with E-state index in [0.717, 1.165) is 0 Å². The number of hydrogen-bond acceptors (Lipinski definition) is 4. The maximum absolute atomic E-state index is 12.6. The number of ether oxygens (including phenoxy) is 1. The minimum atomic E-state index is -0.957. The molecule has 0 aliphatic heterocycles. The standard InChI is InChI=1S/C17H24N2O5/c1-3-24-10-4-9-19(11-12(2)17(22)23)16(21)14-7-5-13(6-8-14)15(18)20/h5-8,12H,3-4,9-11H2,1-2H3,(H2,18,20)(H,22,23). The van der Waals surface area contributed by atoms with Crippen molar-refractivity contribution < 1.29 is 24.2 Å². The molecule has 2 amide bonds. The number of carboxylic acid groups (broad SMARTS) is 1. The Labute approximate surface area is 141 Å². The highest BCUT2D eigenvalue weighted by atomic mass is 16.5. The first-order chi connectivity index (χ1) is 11.4. The van der Waals surface area contributed by atoms with Crippen molar-refractivity contribution in [3.63, 3.8) is 0 Å². The molecule has 0 aliphatic rings. The van der Waals surface area contributed by atoms with Gasteiger partial charge in [-0.1, -0.05) is 6.92 Å². The molecule has 0 saturated heterocycles. The number of aliphatic carboxylic acids is 1. The van der Waals surface area contributed by atoms with Gasteiger partial charge in [0.2, 0.25) is 5.91 Å². The Morgan fingerprint density at radius 1 is 1.21 bits per heavy atom. The first-order valence-electron chi connectivity index (χ1n) is 7.86. The molecule has 1 rings (SSSR count). The molecular formula is C17H24N2O5. The summed E-state index contributed by atoms with van der Waals surface area (Å²) in [7, 11) is 0. The lowest BCUT2D eigenvalue weighted by Crippen LogP contribution is -2.38. The molecule has 132 valence electrons. The molecular weight excluding hydrogens is 312 g/mol. The van der Waals surface area contributed by atoms with Crippen LogP contribution >= 0.6 is 0 Å². The number of hydrogen-bond donors (Lipinski definition) is 2. The fraction of sp³-hybridized carbons (Fsp3) is 0.471. The van der Waals surface area contributed by atoms with Crippen LogP contribution < -0.4 is 5.73 Å². The van der Waals surface area contributed by atoms with Gasteiger partial charge in [0.05, 0.1) is 5.92 Å². The SMILES string of the molecule is CCOCCCN(CC(C)C(=O)O)C(=O)c1ccc(C(N)=O)cc1. The average molecular weight is 336 g/mol. The second-order valence-electron chi connectivity index (χ2n) is 5.48. The molecule has 0 aliphatic carbocycles. The molecule has 0 fully saturated rings. The van der Waals surface area contributed by atoms with Gasteiger partial charge in [-0.2, -0.15) is 0 Å².